The standard InChI is InChI=1S/C9H12N4O/c1-2-12(5-3-10)7-9(14)13-6-4-11-8-13/h2-6,8H,1,7,10H2/b5-3-. The van der Waals surface area contributed by atoms with E-state index in [1.807, 2.05) is 0 Å². The van der Waals surface area contributed by atoms with Crippen molar-refractivity contribution in [2.24, 2.45) is 5.73 Å². The number of carbonyl (C=O) groups is 1. The van der Waals surface area contributed by atoms with E-state index >= 15 is 0 Å². The SMILES string of the molecule is C=CN(/C=C\N)CC(=O)n1ccnc1. The van der Waals surface area contributed by atoms with E-state index < -0.39 is 0 Å². The maximum atomic E-state index is 11.5. The lowest BCUT2D eigenvalue weighted by atomic mass is 10.5. The molecule has 0 aliphatic heterocycles. The minimum Gasteiger partial charge on any atom is -0.403 e. The van der Waals surface area contributed by atoms with Crippen LogP contribution in [0.25, 0.3) is 0 Å². The van der Waals surface area contributed by atoms with Crippen molar-refractivity contribution in [1.29, 1.82) is 0 Å². The van der Waals surface area contributed by atoms with Gasteiger partial charge in [-0.15, -0.1) is 0 Å². The van der Waals surface area contributed by atoms with Crippen LogP contribution in [-0.4, -0.2) is 26.9 Å². The average Bonchev–Trinajstić information content (AvgIpc) is 2.69. The Morgan fingerprint density at radius 1 is 1.71 bits per heavy atom. The molecular weight excluding hydrogens is 180 g/mol. The maximum absolute atomic E-state index is 11.5. The Morgan fingerprint density at radius 3 is 3.00 bits per heavy atom. The molecule has 0 bridgehead atoms. The van der Waals surface area contributed by atoms with Crippen molar-refractivity contribution in [1.82, 2.24) is 14.5 Å². The monoisotopic (exact) mass is 192 g/mol. The molecule has 74 valence electrons. The molecule has 0 aliphatic rings. The number of hydrogen-bond acceptors (Lipinski definition) is 4. The molecule has 0 radical (unpaired) electrons. The minimum atomic E-state index is -0.0968. The summed E-state index contributed by atoms with van der Waals surface area (Å²) in [6, 6.07) is 0. The van der Waals surface area contributed by atoms with E-state index in [9.17, 15) is 4.79 Å². The van der Waals surface area contributed by atoms with Gasteiger partial charge in [0.1, 0.15) is 12.9 Å². The second-order valence-corrected chi connectivity index (χ2v) is 2.56. The highest BCUT2D eigenvalue weighted by Crippen LogP contribution is 1.93. The van der Waals surface area contributed by atoms with Gasteiger partial charge in [0.2, 0.25) is 0 Å². The van der Waals surface area contributed by atoms with Crippen molar-refractivity contribution in [3.05, 3.63) is 43.9 Å². The van der Waals surface area contributed by atoms with Crippen LogP contribution in [-0.2, 0) is 0 Å². The zero-order chi connectivity index (χ0) is 10.4. The molecule has 0 saturated carbocycles. The number of imidazole rings is 1. The van der Waals surface area contributed by atoms with Gasteiger partial charge >= 0.3 is 0 Å². The molecular formula is C9H12N4O. The van der Waals surface area contributed by atoms with Crippen molar-refractivity contribution in [2.45, 2.75) is 0 Å². The van der Waals surface area contributed by atoms with E-state index in [1.165, 1.54) is 23.3 Å². The topological polar surface area (TPSA) is 64.2 Å². The average molecular weight is 192 g/mol. The summed E-state index contributed by atoms with van der Waals surface area (Å²) in [5.74, 6) is -0.0968. The van der Waals surface area contributed by atoms with Crippen molar-refractivity contribution in [3.8, 4) is 0 Å². The molecule has 0 aliphatic carbocycles. The zero-order valence-electron chi connectivity index (χ0n) is 7.71. The van der Waals surface area contributed by atoms with Crippen LogP contribution in [0.5, 0.6) is 0 Å². The van der Waals surface area contributed by atoms with Crippen LogP contribution in [0.1, 0.15) is 4.79 Å². The molecule has 1 aromatic rings. The van der Waals surface area contributed by atoms with Crippen molar-refractivity contribution >= 4 is 5.91 Å². The summed E-state index contributed by atoms with van der Waals surface area (Å²) in [5, 5.41) is 0. The van der Waals surface area contributed by atoms with Gasteiger partial charge in [-0.2, -0.15) is 0 Å². The highest BCUT2D eigenvalue weighted by molar-refractivity contribution is 5.80. The first-order valence-electron chi connectivity index (χ1n) is 4.05. The van der Waals surface area contributed by atoms with Crippen LogP contribution in [0, 0.1) is 0 Å². The Morgan fingerprint density at radius 2 is 2.50 bits per heavy atom. The minimum absolute atomic E-state index is 0.0968. The molecule has 14 heavy (non-hydrogen) atoms. The summed E-state index contributed by atoms with van der Waals surface area (Å²) in [5.41, 5.74) is 5.20. The van der Waals surface area contributed by atoms with E-state index in [2.05, 4.69) is 11.6 Å². The Kier molecular flexibility index (Phi) is 3.49. The normalized spacial score (nSPS) is 10.3. The first-order chi connectivity index (χ1) is 6.77. The Labute approximate surface area is 82.1 Å². The highest BCUT2D eigenvalue weighted by atomic mass is 16.2. The molecule has 1 heterocycles. The third kappa shape index (κ3) is 2.48. The quantitative estimate of drug-likeness (QED) is 0.750. The summed E-state index contributed by atoms with van der Waals surface area (Å²) in [6.07, 6.45) is 9.04. The van der Waals surface area contributed by atoms with Crippen molar-refractivity contribution in [2.75, 3.05) is 6.54 Å². The molecule has 0 fully saturated rings. The molecule has 0 atom stereocenters. The lowest BCUT2D eigenvalue weighted by Gasteiger charge is -2.12. The largest absolute Gasteiger partial charge is 0.403 e. The van der Waals surface area contributed by atoms with Gasteiger partial charge in [-0.1, -0.05) is 6.58 Å². The molecule has 2 N–H and O–H groups in total. The Balaban J connectivity index is 2.60. The third-order valence-corrected chi connectivity index (χ3v) is 1.62. The number of nitrogens with two attached hydrogens (primary N) is 1. The van der Waals surface area contributed by atoms with Gasteiger partial charge in [0.15, 0.2) is 0 Å². The van der Waals surface area contributed by atoms with Crippen LogP contribution < -0.4 is 5.73 Å². The summed E-state index contributed by atoms with van der Waals surface area (Å²) in [6.45, 7) is 3.74. The van der Waals surface area contributed by atoms with Crippen molar-refractivity contribution < 1.29 is 4.79 Å². The molecule has 1 aromatic heterocycles. The molecule has 5 heteroatoms. The smallest absolute Gasteiger partial charge is 0.251 e. The number of rotatable bonds is 4. The van der Waals surface area contributed by atoms with Gasteiger partial charge in [-0.3, -0.25) is 9.36 Å². The van der Waals surface area contributed by atoms with Gasteiger partial charge in [0.25, 0.3) is 5.91 Å². The third-order valence-electron chi connectivity index (χ3n) is 1.62. The summed E-state index contributed by atoms with van der Waals surface area (Å²) in [4.78, 5) is 16.9. The first kappa shape index (κ1) is 10.0. The van der Waals surface area contributed by atoms with Crippen molar-refractivity contribution in [3.63, 3.8) is 0 Å². The molecule has 1 rings (SSSR count). The van der Waals surface area contributed by atoms with Gasteiger partial charge in [-0.25, -0.2) is 4.98 Å². The first-order valence-corrected chi connectivity index (χ1v) is 4.05. The summed E-state index contributed by atoms with van der Waals surface area (Å²) >= 11 is 0. The van der Waals surface area contributed by atoms with E-state index in [0.29, 0.717) is 0 Å². The van der Waals surface area contributed by atoms with Crippen LogP contribution in [0.4, 0.5) is 0 Å². The maximum Gasteiger partial charge on any atom is 0.251 e. The fourth-order valence-corrected chi connectivity index (χ4v) is 0.933. The molecule has 0 saturated heterocycles. The summed E-state index contributed by atoms with van der Waals surface area (Å²) in [7, 11) is 0. The van der Waals surface area contributed by atoms with E-state index in [1.54, 1.807) is 23.5 Å². The van der Waals surface area contributed by atoms with Crippen LogP contribution in [0.2, 0.25) is 0 Å². The van der Waals surface area contributed by atoms with Crippen LogP contribution >= 0.6 is 0 Å². The number of hydrogen-bond donors (Lipinski definition) is 1. The Hall–Kier alpha value is -2.04. The lowest BCUT2D eigenvalue weighted by Crippen LogP contribution is -2.24. The van der Waals surface area contributed by atoms with Crippen LogP contribution in [0.3, 0.4) is 0 Å². The fraction of sp³-hybridized carbons (Fsp3) is 0.111. The van der Waals surface area contributed by atoms with E-state index in [4.69, 9.17) is 5.73 Å². The number of nitrogens with zero attached hydrogens (tertiary/aromatic N) is 3. The second-order valence-electron chi connectivity index (χ2n) is 2.56. The molecule has 0 spiro atoms. The molecule has 0 aromatic carbocycles. The van der Waals surface area contributed by atoms with E-state index in [0.717, 1.165) is 0 Å². The highest BCUT2D eigenvalue weighted by Gasteiger charge is 2.05. The van der Waals surface area contributed by atoms with Gasteiger partial charge < -0.3 is 10.6 Å². The molecule has 0 amide bonds. The molecule has 0 unspecified atom stereocenters. The van der Waals surface area contributed by atoms with Gasteiger partial charge in [0, 0.05) is 24.8 Å². The zero-order valence-corrected chi connectivity index (χ0v) is 7.71. The number of aromatic nitrogens is 2. The predicted molar refractivity (Wildman–Crippen MR) is 53.1 cm³/mol. The Bertz CT molecular complexity index is 329. The fourth-order valence-electron chi connectivity index (χ4n) is 0.933. The lowest BCUT2D eigenvalue weighted by molar-refractivity contribution is 0.0889. The number of carbonyl (C=O) groups excluding carboxylic acids is 1. The summed E-state index contributed by atoms with van der Waals surface area (Å²) < 4.78 is 1.40. The van der Waals surface area contributed by atoms with Gasteiger partial charge in [0.05, 0.1) is 0 Å². The van der Waals surface area contributed by atoms with Gasteiger partial charge in [-0.05, 0) is 6.20 Å². The molecule has 5 nitrogen and oxygen atoms in total. The second kappa shape index (κ2) is 4.86. The van der Waals surface area contributed by atoms with Crippen LogP contribution in [0.15, 0.2) is 43.9 Å². The predicted octanol–water partition coefficient (Wildman–Crippen LogP) is 0.399. The van der Waals surface area contributed by atoms with E-state index in [-0.39, 0.29) is 12.5 Å².